The van der Waals surface area contributed by atoms with Gasteiger partial charge in [0.2, 0.25) is 0 Å². The van der Waals surface area contributed by atoms with Gasteiger partial charge in [-0.1, -0.05) is 17.7 Å². The van der Waals surface area contributed by atoms with E-state index in [2.05, 4.69) is 32.1 Å². The summed E-state index contributed by atoms with van der Waals surface area (Å²) < 4.78 is 6.07. The third kappa shape index (κ3) is 5.53. The van der Waals surface area contributed by atoms with Gasteiger partial charge in [0.1, 0.15) is 5.75 Å². The van der Waals surface area contributed by atoms with Gasteiger partial charge in [-0.25, -0.2) is 0 Å². The van der Waals surface area contributed by atoms with Crippen molar-refractivity contribution in [3.8, 4) is 5.75 Å². The van der Waals surface area contributed by atoms with Crippen LogP contribution in [0.5, 0.6) is 5.75 Å². The van der Waals surface area contributed by atoms with Crippen LogP contribution in [-0.4, -0.2) is 23.5 Å². The van der Waals surface area contributed by atoms with Gasteiger partial charge >= 0.3 is 0 Å². The predicted octanol–water partition coefficient (Wildman–Crippen LogP) is 3.11. The van der Waals surface area contributed by atoms with Gasteiger partial charge in [-0.15, -0.1) is 0 Å². The lowest BCUT2D eigenvalue weighted by Gasteiger charge is -2.12. The van der Waals surface area contributed by atoms with Crippen LogP contribution >= 0.6 is 28.1 Å². The highest BCUT2D eigenvalue weighted by Gasteiger charge is 2.11. The van der Waals surface area contributed by atoms with Gasteiger partial charge in [-0.05, 0) is 72.3 Å². The lowest BCUT2D eigenvalue weighted by molar-refractivity contribution is 0.0934. The number of nitrogens with one attached hydrogen (secondary N) is 3. The fourth-order valence-corrected chi connectivity index (χ4v) is 2.65. The minimum atomic E-state index is -0.407. The average Bonchev–Trinajstić information content (AvgIpc) is 2.62. The lowest BCUT2D eigenvalue weighted by atomic mass is 10.1. The van der Waals surface area contributed by atoms with Gasteiger partial charge in [0.25, 0.3) is 11.8 Å². The molecule has 0 heterocycles. The Morgan fingerprint density at radius 1 is 1.04 bits per heavy atom. The van der Waals surface area contributed by atoms with Crippen LogP contribution in [0.4, 0.5) is 0 Å². The molecule has 0 saturated heterocycles. The molecule has 0 bridgehead atoms. The second-order valence-corrected chi connectivity index (χ2v) is 6.57. The number of rotatable bonds is 4. The molecule has 0 atom stereocenters. The van der Waals surface area contributed by atoms with Crippen molar-refractivity contribution in [1.82, 2.24) is 16.2 Å². The fraction of sp³-hybridized carbons (Fsp3) is 0.167. The molecule has 26 heavy (non-hydrogen) atoms. The summed E-state index contributed by atoms with van der Waals surface area (Å²) in [6, 6.07) is 12.0. The number of ether oxygens (including phenoxy) is 1. The van der Waals surface area contributed by atoms with Crippen molar-refractivity contribution >= 4 is 45.1 Å². The normalized spacial score (nSPS) is 9.96. The number of carbonyl (C=O) groups excluding carboxylic acids is 2. The monoisotopic (exact) mass is 435 g/mol. The third-order valence-electron chi connectivity index (χ3n) is 3.32. The van der Waals surface area contributed by atoms with E-state index in [-0.39, 0.29) is 11.0 Å². The molecule has 0 aliphatic heterocycles. The SMILES string of the molecule is CCOc1ccc(C(=O)NC(=S)NNC(=O)c2ccc(C)cc2)cc1Br. The summed E-state index contributed by atoms with van der Waals surface area (Å²) in [6.45, 7) is 4.34. The van der Waals surface area contributed by atoms with Crippen LogP contribution in [0.15, 0.2) is 46.9 Å². The van der Waals surface area contributed by atoms with Crippen molar-refractivity contribution in [1.29, 1.82) is 0 Å². The summed E-state index contributed by atoms with van der Waals surface area (Å²) in [7, 11) is 0. The molecule has 0 spiro atoms. The Morgan fingerprint density at radius 3 is 2.31 bits per heavy atom. The molecule has 0 unspecified atom stereocenters. The molecule has 0 aromatic heterocycles. The van der Waals surface area contributed by atoms with Crippen molar-refractivity contribution < 1.29 is 14.3 Å². The van der Waals surface area contributed by atoms with E-state index in [4.69, 9.17) is 17.0 Å². The van der Waals surface area contributed by atoms with Crippen molar-refractivity contribution in [2.75, 3.05) is 6.61 Å². The van der Waals surface area contributed by atoms with Crippen molar-refractivity contribution in [2.24, 2.45) is 0 Å². The lowest BCUT2D eigenvalue weighted by Crippen LogP contribution is -2.48. The predicted molar refractivity (Wildman–Crippen MR) is 107 cm³/mol. The maximum atomic E-state index is 12.2. The zero-order valence-corrected chi connectivity index (χ0v) is 16.7. The Hall–Kier alpha value is -2.45. The first kappa shape index (κ1) is 19.9. The van der Waals surface area contributed by atoms with E-state index in [1.165, 1.54) is 0 Å². The molecule has 2 amide bonds. The van der Waals surface area contributed by atoms with Crippen molar-refractivity contribution in [3.05, 3.63) is 63.6 Å². The molecule has 0 aliphatic rings. The van der Waals surface area contributed by atoms with Gasteiger partial charge in [-0.2, -0.15) is 0 Å². The zero-order valence-electron chi connectivity index (χ0n) is 14.3. The van der Waals surface area contributed by atoms with Gasteiger partial charge in [0.15, 0.2) is 5.11 Å². The molecule has 2 aromatic rings. The summed E-state index contributed by atoms with van der Waals surface area (Å²) in [6.07, 6.45) is 0. The number of thiocarbonyl (C=S) groups is 1. The maximum Gasteiger partial charge on any atom is 0.269 e. The van der Waals surface area contributed by atoms with E-state index in [9.17, 15) is 9.59 Å². The highest BCUT2D eigenvalue weighted by molar-refractivity contribution is 9.10. The molecule has 136 valence electrons. The van der Waals surface area contributed by atoms with Crippen molar-refractivity contribution in [3.63, 3.8) is 0 Å². The molecule has 0 fully saturated rings. The van der Waals surface area contributed by atoms with Crippen LogP contribution in [0.1, 0.15) is 33.2 Å². The Bertz CT molecular complexity index is 825. The van der Waals surface area contributed by atoms with Gasteiger partial charge in [0.05, 0.1) is 11.1 Å². The molecule has 8 heteroatoms. The fourth-order valence-electron chi connectivity index (χ4n) is 2.01. The van der Waals surface area contributed by atoms with Gasteiger partial charge < -0.3 is 4.74 Å². The number of hydrogen-bond donors (Lipinski definition) is 3. The van der Waals surface area contributed by atoms with Crippen LogP contribution in [0.2, 0.25) is 0 Å². The highest BCUT2D eigenvalue weighted by Crippen LogP contribution is 2.25. The quantitative estimate of drug-likeness (QED) is 0.507. The molecule has 0 saturated carbocycles. The summed E-state index contributed by atoms with van der Waals surface area (Å²) >= 11 is 8.38. The first-order chi connectivity index (χ1) is 12.4. The van der Waals surface area contributed by atoms with Crippen LogP contribution in [0.3, 0.4) is 0 Å². The van der Waals surface area contributed by atoms with E-state index in [1.807, 2.05) is 26.0 Å². The molecule has 0 radical (unpaired) electrons. The molecule has 6 nitrogen and oxygen atoms in total. The zero-order chi connectivity index (χ0) is 19.1. The Morgan fingerprint density at radius 2 is 1.69 bits per heavy atom. The molecule has 0 aliphatic carbocycles. The number of hydrazine groups is 1. The molecule has 2 aromatic carbocycles. The third-order valence-corrected chi connectivity index (χ3v) is 4.15. The van der Waals surface area contributed by atoms with Crippen LogP contribution < -0.4 is 20.9 Å². The molecular weight excluding hydrogens is 418 g/mol. The summed E-state index contributed by atoms with van der Waals surface area (Å²) in [5, 5.41) is 2.48. The maximum absolute atomic E-state index is 12.2. The Labute approximate surface area is 165 Å². The van der Waals surface area contributed by atoms with E-state index in [0.717, 1.165) is 5.56 Å². The summed E-state index contributed by atoms with van der Waals surface area (Å²) in [5.41, 5.74) is 6.88. The standard InChI is InChI=1S/C18H18BrN3O3S/c1-3-25-15-9-8-13(10-14(15)19)16(23)20-18(26)22-21-17(24)12-6-4-11(2)5-7-12/h4-10H,3H2,1-2H3,(H,21,24)(H2,20,22,23,26). The number of hydrogen-bond acceptors (Lipinski definition) is 4. The number of amides is 2. The highest BCUT2D eigenvalue weighted by atomic mass is 79.9. The molecule has 3 N–H and O–H groups in total. The molecule has 2 rings (SSSR count). The van der Waals surface area contributed by atoms with Crippen LogP contribution in [0, 0.1) is 6.92 Å². The van der Waals surface area contributed by atoms with E-state index >= 15 is 0 Å². The second kappa shape index (κ2) is 9.30. The topological polar surface area (TPSA) is 79.5 Å². The van der Waals surface area contributed by atoms with Crippen LogP contribution in [-0.2, 0) is 0 Å². The number of aryl methyl sites for hydroxylation is 1. The first-order valence-electron chi connectivity index (χ1n) is 7.81. The van der Waals surface area contributed by atoms with Gasteiger partial charge in [0, 0.05) is 11.1 Å². The van der Waals surface area contributed by atoms with E-state index in [0.29, 0.717) is 28.0 Å². The van der Waals surface area contributed by atoms with E-state index in [1.54, 1.807) is 30.3 Å². The Balaban J connectivity index is 1.89. The number of halogens is 1. The molecular formula is C18H18BrN3O3S. The van der Waals surface area contributed by atoms with E-state index < -0.39 is 5.91 Å². The van der Waals surface area contributed by atoms with Crippen molar-refractivity contribution in [2.45, 2.75) is 13.8 Å². The smallest absolute Gasteiger partial charge is 0.269 e. The Kier molecular flexibility index (Phi) is 7.11. The number of carbonyl (C=O) groups is 2. The van der Waals surface area contributed by atoms with Crippen LogP contribution in [0.25, 0.3) is 0 Å². The summed E-state index contributed by atoms with van der Waals surface area (Å²) in [5.74, 6) is -0.114. The largest absolute Gasteiger partial charge is 0.493 e. The summed E-state index contributed by atoms with van der Waals surface area (Å²) in [4.78, 5) is 24.2. The van der Waals surface area contributed by atoms with Gasteiger partial charge in [-0.3, -0.25) is 25.8 Å². The minimum Gasteiger partial charge on any atom is -0.493 e. The average molecular weight is 436 g/mol. The number of benzene rings is 2. The minimum absolute atomic E-state index is 0.0135. The second-order valence-electron chi connectivity index (χ2n) is 5.31. The first-order valence-corrected chi connectivity index (χ1v) is 9.01.